The number of halogens is 12. The summed E-state index contributed by atoms with van der Waals surface area (Å²) in [5.41, 5.74) is -2.03. The van der Waals surface area contributed by atoms with Crippen LogP contribution < -0.4 is 14.2 Å². The molecule has 3 aliphatic carbocycles. The molecule has 7 aromatic rings. The number of oxazole rings is 1. The maximum absolute atomic E-state index is 13.8. The summed E-state index contributed by atoms with van der Waals surface area (Å²) < 4.78 is 244. The van der Waals surface area contributed by atoms with Crippen LogP contribution in [0.15, 0.2) is 94.8 Å². The van der Waals surface area contributed by atoms with Gasteiger partial charge >= 0.3 is 24.1 Å². The topological polar surface area (TPSA) is 300 Å². The summed E-state index contributed by atoms with van der Waals surface area (Å²) in [7, 11) is -7.35. The SMILES string of the molecule is CCS(=O)(=O)c1ccc(O[C@H](C)C(C)(F)F)c(C(=O)N2CC3CC3(c3noc(C(F)(F)F)n3)C2)c1.C[C@H](Oc1ccc(-c2ncco2)cc1C(=O)N1CC2CC2(c2noc(C(F)(F)F)n2)C1)C(C)(F)F.Cc1nc(C23CC2CN(C(=O)c2cc(S(C)(=O)=O)ccc2O[C@H](C)C(C)(F)F)C3)no1. The number of benzene rings is 3. The number of ether oxygens (including phenoxy) is 3. The Labute approximate surface area is 567 Å². The number of rotatable bonds is 19. The monoisotopic (exact) mass is 1480 g/mol. The number of nitrogens with zero attached hydrogens (tertiary/aromatic N) is 10. The summed E-state index contributed by atoms with van der Waals surface area (Å²) in [6, 6.07) is 11.4. The molecule has 6 fully saturated rings. The molecular formula is C63H64F12N10O14S2. The van der Waals surface area contributed by atoms with E-state index in [1.54, 1.807) is 11.8 Å². The maximum atomic E-state index is 13.8. The minimum Gasteiger partial charge on any atom is -0.484 e. The summed E-state index contributed by atoms with van der Waals surface area (Å²) in [5.74, 6) is -14.1. The molecule has 0 spiro atoms. The van der Waals surface area contributed by atoms with Gasteiger partial charge in [0.25, 0.3) is 35.5 Å². The number of piperidine rings is 3. The molecular weight excluding hydrogens is 1410 g/mol. The molecule has 38 heteroatoms. The van der Waals surface area contributed by atoms with Crippen molar-refractivity contribution in [3.8, 4) is 28.7 Å². The zero-order valence-corrected chi connectivity index (χ0v) is 56.6. The highest BCUT2D eigenvalue weighted by atomic mass is 32.2. The van der Waals surface area contributed by atoms with E-state index >= 15 is 0 Å². The number of alkyl halides is 12. The highest BCUT2D eigenvalue weighted by Gasteiger charge is 2.67. The molecule has 0 bridgehead atoms. The van der Waals surface area contributed by atoms with Gasteiger partial charge in [-0.2, -0.15) is 41.3 Å². The zero-order valence-electron chi connectivity index (χ0n) is 54.9. The molecule has 9 atom stereocenters. The fraction of sp³-hybridized carbons (Fsp3) is 0.524. The molecule has 4 aromatic heterocycles. The minimum atomic E-state index is -4.81. The Bertz CT molecular complexity index is 4560. The number of aromatic nitrogens is 7. The van der Waals surface area contributed by atoms with Crippen molar-refractivity contribution < 1.29 is 116 Å². The molecule has 24 nitrogen and oxygen atoms in total. The van der Waals surface area contributed by atoms with E-state index < -0.39 is 108 Å². The van der Waals surface area contributed by atoms with Gasteiger partial charge in [0.1, 0.15) is 23.5 Å². The summed E-state index contributed by atoms with van der Waals surface area (Å²) >= 11 is 0. The van der Waals surface area contributed by atoms with Crippen LogP contribution in [0, 0.1) is 24.7 Å². The third-order valence-corrected chi connectivity index (χ3v) is 21.8. The molecule has 3 saturated carbocycles. The number of carbonyl (C=O) groups is 3. The number of hydrogen-bond donors (Lipinski definition) is 0. The number of sulfone groups is 2. The summed E-state index contributed by atoms with van der Waals surface area (Å²) in [6.45, 7) is 9.79. The van der Waals surface area contributed by atoms with E-state index in [1.807, 2.05) is 0 Å². The molecule has 101 heavy (non-hydrogen) atoms. The number of carbonyl (C=O) groups excluding carboxylic acids is 3. The Balaban J connectivity index is 0.000000153. The summed E-state index contributed by atoms with van der Waals surface area (Å²) in [5, 5.41) is 11.0. The van der Waals surface area contributed by atoms with Gasteiger partial charge in [0.2, 0.25) is 11.8 Å². The summed E-state index contributed by atoms with van der Waals surface area (Å²) in [6.07, 6.45) is -8.70. The van der Waals surface area contributed by atoms with E-state index in [0.717, 1.165) is 31.7 Å². The number of fused-ring (bicyclic) bond motifs is 3. The quantitative estimate of drug-likeness (QED) is 0.0679. The molecule has 0 radical (unpaired) electrons. The largest absolute Gasteiger partial charge is 0.484 e. The molecule has 3 saturated heterocycles. The van der Waals surface area contributed by atoms with Gasteiger partial charge in [-0.3, -0.25) is 14.4 Å². The Hall–Kier alpha value is -8.84. The van der Waals surface area contributed by atoms with Crippen molar-refractivity contribution in [3.63, 3.8) is 0 Å². The Morgan fingerprint density at radius 1 is 0.554 bits per heavy atom. The second-order valence-electron chi connectivity index (χ2n) is 26.4. The van der Waals surface area contributed by atoms with Gasteiger partial charge in [-0.15, -0.1) is 0 Å². The first-order chi connectivity index (χ1) is 46.8. The number of aryl methyl sites for hydroxylation is 1. The molecule has 7 heterocycles. The van der Waals surface area contributed by atoms with E-state index in [4.69, 9.17) is 23.2 Å². The molecule has 0 N–H and O–H groups in total. The lowest BCUT2D eigenvalue weighted by atomic mass is 10.1. The Morgan fingerprint density at radius 3 is 1.26 bits per heavy atom. The van der Waals surface area contributed by atoms with Crippen molar-refractivity contribution in [2.75, 3.05) is 51.3 Å². The number of amides is 3. The van der Waals surface area contributed by atoms with Gasteiger partial charge in [0, 0.05) is 78.8 Å². The Kier molecular flexibility index (Phi) is 18.6. The maximum Gasteiger partial charge on any atom is 0.471 e. The second kappa shape index (κ2) is 25.6. The van der Waals surface area contributed by atoms with Crippen LogP contribution >= 0.6 is 0 Å². The van der Waals surface area contributed by atoms with Gasteiger partial charge in [0.15, 0.2) is 55.5 Å². The number of hydrogen-bond acceptors (Lipinski definition) is 21. The molecule has 3 aliphatic heterocycles. The normalized spacial score (nSPS) is 23.3. The van der Waals surface area contributed by atoms with Crippen molar-refractivity contribution in [3.05, 3.63) is 119 Å². The summed E-state index contributed by atoms with van der Waals surface area (Å²) in [4.78, 5) is 59.5. The van der Waals surface area contributed by atoms with Gasteiger partial charge in [-0.1, -0.05) is 22.4 Å². The molecule has 6 aliphatic rings. The average molecular weight is 1480 g/mol. The first kappa shape index (κ1) is 73.4. The fourth-order valence-corrected chi connectivity index (χ4v) is 13.9. The predicted molar refractivity (Wildman–Crippen MR) is 322 cm³/mol. The van der Waals surface area contributed by atoms with Crippen molar-refractivity contribution in [1.29, 1.82) is 0 Å². The molecule has 3 aromatic carbocycles. The average Bonchev–Trinajstić information content (AvgIpc) is 1.55. The zero-order chi connectivity index (χ0) is 73.9. The lowest BCUT2D eigenvalue weighted by molar-refractivity contribution is -0.160. The lowest BCUT2D eigenvalue weighted by Crippen LogP contribution is -2.35. The molecule has 13 rings (SSSR count). The molecule has 546 valence electrons. The van der Waals surface area contributed by atoms with Gasteiger partial charge < -0.3 is 46.9 Å². The van der Waals surface area contributed by atoms with Gasteiger partial charge in [0.05, 0.1) is 54.7 Å². The van der Waals surface area contributed by atoms with E-state index in [0.29, 0.717) is 64.0 Å². The van der Waals surface area contributed by atoms with Crippen LogP contribution in [0.25, 0.3) is 11.5 Å². The highest BCUT2D eigenvalue weighted by Crippen LogP contribution is 2.61. The molecule has 3 amide bonds. The lowest BCUT2D eigenvalue weighted by Gasteiger charge is -2.25. The first-order valence-electron chi connectivity index (χ1n) is 31.2. The molecule has 6 unspecified atom stereocenters. The van der Waals surface area contributed by atoms with Crippen LogP contribution in [0.2, 0.25) is 0 Å². The van der Waals surface area contributed by atoms with E-state index in [2.05, 4.69) is 44.5 Å². The third kappa shape index (κ3) is 14.8. The first-order valence-corrected chi connectivity index (χ1v) is 34.7. The Morgan fingerprint density at radius 2 is 0.921 bits per heavy atom. The van der Waals surface area contributed by atoms with Crippen molar-refractivity contribution in [2.45, 2.75) is 149 Å². The van der Waals surface area contributed by atoms with Crippen LogP contribution in [-0.2, 0) is 48.3 Å². The smallest absolute Gasteiger partial charge is 0.471 e. The fourth-order valence-electron chi connectivity index (χ4n) is 12.4. The standard InChI is InChI=1S/C22H19F5N4O4.C21H22F5N3O5S.C20H23F2N3O5S/c1-11(20(2,23)24)34-15-4-3-12(16-28-5-6-33-16)7-14(15)17(32)31-9-13-8-21(13,10-31)18-29-19(35-30-18)22(25,26)27;1-4-35(31,32)13-5-6-15(33-11(2)19(3,22)23)14(7-13)16(30)29-9-12-8-20(12,10-29)17-27-18(34-28-17)21(24,25)26;1-11(19(3,21)22)29-16-6-5-14(31(4,27)28)7-15(16)17(26)25-9-13-8-20(13,10-25)18-23-12(2)30-24-18/h3-7,11,13H,8-10H2,1-2H3;5-7,11-12H,4,8-10H2,1-3H3;5-7,11,13H,8-10H2,1-4H3/t11-,13?,21?;11-,12?,20?;11-,13?,20?/m011/s1. The van der Waals surface area contributed by atoms with E-state index in [-0.39, 0.29) is 116 Å². The van der Waals surface area contributed by atoms with Crippen molar-refractivity contribution in [2.24, 2.45) is 17.8 Å². The minimum absolute atomic E-state index is 0.00246. The van der Waals surface area contributed by atoms with E-state index in [1.165, 1.54) is 85.5 Å². The van der Waals surface area contributed by atoms with Crippen LogP contribution in [0.1, 0.15) is 134 Å². The highest BCUT2D eigenvalue weighted by molar-refractivity contribution is 7.91. The van der Waals surface area contributed by atoms with Crippen LogP contribution in [0.3, 0.4) is 0 Å². The van der Waals surface area contributed by atoms with Crippen LogP contribution in [0.5, 0.6) is 17.2 Å². The van der Waals surface area contributed by atoms with E-state index in [9.17, 15) is 83.9 Å². The second-order valence-corrected chi connectivity index (χ2v) is 30.7. The van der Waals surface area contributed by atoms with Crippen molar-refractivity contribution >= 4 is 37.4 Å². The predicted octanol–water partition coefficient (Wildman–Crippen LogP) is 10.9. The van der Waals surface area contributed by atoms with Crippen molar-refractivity contribution in [1.82, 2.24) is 50.1 Å². The van der Waals surface area contributed by atoms with Gasteiger partial charge in [-0.05, 0) is 112 Å². The van der Waals surface area contributed by atoms with Crippen LogP contribution in [-0.4, -0.2) is 172 Å². The van der Waals surface area contributed by atoms with Gasteiger partial charge in [-0.25, -0.2) is 48.2 Å². The third-order valence-electron chi connectivity index (χ3n) is 19.0. The van der Waals surface area contributed by atoms with Crippen LogP contribution in [0.4, 0.5) is 52.7 Å². The number of likely N-dealkylation sites (tertiary alicyclic amines) is 3.